The van der Waals surface area contributed by atoms with Crippen LogP contribution in [0.4, 0.5) is 0 Å². The number of hydrogen-bond acceptors (Lipinski definition) is 0. The molecule has 166 valence electrons. The van der Waals surface area contributed by atoms with E-state index in [0.29, 0.717) is 0 Å². The highest BCUT2D eigenvalue weighted by atomic mass is 28.3. The standard InChI is InChI=1S/C30H33N2Si/c1-7-33(8-2,9-3)22-13-14-23-24-15-16-31(6)30-27-20(5)19(4)17-21-11-10-12-25(28(21)27)32(29(24)30)26(23)18-22/h10-18H,7-9H2,1-6H3/q+1. The second-order valence-corrected chi connectivity index (χ2v) is 15.3. The lowest BCUT2D eigenvalue weighted by atomic mass is 9.94. The first-order valence-electron chi connectivity index (χ1n) is 12.5. The van der Waals surface area contributed by atoms with Crippen LogP contribution in [0.3, 0.4) is 0 Å². The van der Waals surface area contributed by atoms with E-state index in [2.05, 4.69) is 105 Å². The molecule has 0 atom stereocenters. The lowest BCUT2D eigenvalue weighted by Gasteiger charge is -2.28. The van der Waals surface area contributed by atoms with Crippen LogP contribution in [0.1, 0.15) is 31.9 Å². The smallest absolute Gasteiger partial charge is 0.238 e. The third-order valence-corrected chi connectivity index (χ3v) is 14.4. The van der Waals surface area contributed by atoms with Gasteiger partial charge in [0.2, 0.25) is 5.52 Å². The van der Waals surface area contributed by atoms with Crippen molar-refractivity contribution < 1.29 is 4.57 Å². The molecule has 0 radical (unpaired) electrons. The summed E-state index contributed by atoms with van der Waals surface area (Å²) in [7, 11) is 0.730. The van der Waals surface area contributed by atoms with Crippen LogP contribution in [0.25, 0.3) is 49.0 Å². The van der Waals surface area contributed by atoms with E-state index in [1.807, 2.05) is 0 Å². The van der Waals surface area contributed by atoms with Gasteiger partial charge in [0, 0.05) is 22.2 Å². The minimum absolute atomic E-state index is 1.31. The van der Waals surface area contributed by atoms with Gasteiger partial charge in [-0.05, 0) is 42.5 Å². The van der Waals surface area contributed by atoms with Gasteiger partial charge in [0.1, 0.15) is 12.6 Å². The van der Waals surface area contributed by atoms with Crippen LogP contribution >= 0.6 is 0 Å². The van der Waals surface area contributed by atoms with E-state index in [9.17, 15) is 0 Å². The molecule has 6 rings (SSSR count). The van der Waals surface area contributed by atoms with Gasteiger partial charge < -0.3 is 4.40 Å². The zero-order valence-corrected chi connectivity index (χ0v) is 21.7. The monoisotopic (exact) mass is 449 g/mol. The summed E-state index contributed by atoms with van der Waals surface area (Å²) in [6.45, 7) is 11.8. The number of aryl methyl sites for hydroxylation is 3. The Kier molecular flexibility index (Phi) is 4.41. The van der Waals surface area contributed by atoms with Gasteiger partial charge in [-0.3, -0.25) is 0 Å². The van der Waals surface area contributed by atoms with Crippen molar-refractivity contribution in [2.45, 2.75) is 52.8 Å². The first kappa shape index (κ1) is 20.7. The Morgan fingerprint density at radius 2 is 1.58 bits per heavy atom. The molecule has 0 N–H and O–H groups in total. The Bertz CT molecular complexity index is 1690. The van der Waals surface area contributed by atoms with Gasteiger partial charge >= 0.3 is 0 Å². The molecule has 6 aromatic rings. The zero-order chi connectivity index (χ0) is 23.1. The molecule has 0 bridgehead atoms. The highest BCUT2D eigenvalue weighted by Gasteiger charge is 2.31. The van der Waals surface area contributed by atoms with Crippen molar-refractivity contribution in [1.29, 1.82) is 0 Å². The topological polar surface area (TPSA) is 8.29 Å². The predicted octanol–water partition coefficient (Wildman–Crippen LogP) is 7.15. The quantitative estimate of drug-likeness (QED) is 0.117. The van der Waals surface area contributed by atoms with Gasteiger partial charge in [-0.15, -0.1) is 0 Å². The van der Waals surface area contributed by atoms with Gasteiger partial charge in [0.15, 0.2) is 6.20 Å². The SMILES string of the molecule is CC[Si](CC)(CC)c1ccc2c3cc[n+](C)c4c5c(C)c(C)cc6cccc(c65)n(c2c1)c34. The molecule has 0 saturated carbocycles. The summed E-state index contributed by atoms with van der Waals surface area (Å²) in [5, 5.41) is 8.50. The molecular formula is C30H33N2Si+. The Morgan fingerprint density at radius 3 is 2.30 bits per heavy atom. The van der Waals surface area contributed by atoms with Crippen LogP contribution in [0.5, 0.6) is 0 Å². The van der Waals surface area contributed by atoms with E-state index in [-0.39, 0.29) is 0 Å². The molecule has 0 saturated heterocycles. The molecule has 2 nitrogen and oxygen atoms in total. The van der Waals surface area contributed by atoms with Crippen molar-refractivity contribution in [1.82, 2.24) is 4.40 Å². The van der Waals surface area contributed by atoms with E-state index >= 15 is 0 Å². The fraction of sp³-hybridized carbons (Fsp3) is 0.300. The van der Waals surface area contributed by atoms with Crippen molar-refractivity contribution in [3.05, 3.63) is 65.9 Å². The predicted molar refractivity (Wildman–Crippen MR) is 146 cm³/mol. The van der Waals surface area contributed by atoms with E-state index in [1.165, 1.54) is 78.3 Å². The molecule has 33 heavy (non-hydrogen) atoms. The average molecular weight is 450 g/mol. The maximum absolute atomic E-state index is 2.58. The minimum atomic E-state index is -1.47. The van der Waals surface area contributed by atoms with E-state index in [4.69, 9.17) is 0 Å². The summed E-state index contributed by atoms with van der Waals surface area (Å²) in [5.74, 6) is 0. The maximum atomic E-state index is 2.58. The molecule has 0 aliphatic rings. The van der Waals surface area contributed by atoms with Gasteiger partial charge in [0.25, 0.3) is 0 Å². The summed E-state index contributed by atoms with van der Waals surface area (Å²) in [6.07, 6.45) is 2.25. The number of hydrogen-bond donors (Lipinski definition) is 0. The van der Waals surface area contributed by atoms with E-state index in [1.54, 1.807) is 5.19 Å². The summed E-state index contributed by atoms with van der Waals surface area (Å²) >= 11 is 0. The molecule has 3 aromatic heterocycles. The van der Waals surface area contributed by atoms with E-state index in [0.717, 1.165) is 0 Å². The molecule has 3 heteroatoms. The third-order valence-electron chi connectivity index (χ3n) is 8.83. The van der Waals surface area contributed by atoms with Crippen molar-refractivity contribution in [2.75, 3.05) is 0 Å². The van der Waals surface area contributed by atoms with Crippen molar-refractivity contribution >= 4 is 62.3 Å². The number of fused-ring (bicyclic) bond motifs is 5. The lowest BCUT2D eigenvalue weighted by molar-refractivity contribution is -0.644. The van der Waals surface area contributed by atoms with Gasteiger partial charge in [-0.25, -0.2) is 0 Å². The van der Waals surface area contributed by atoms with Crippen LogP contribution in [0, 0.1) is 13.8 Å². The largest absolute Gasteiger partial charge is 0.303 e. The number of aromatic nitrogens is 2. The molecule has 0 aliphatic heterocycles. The third kappa shape index (κ3) is 2.52. The Morgan fingerprint density at radius 1 is 0.818 bits per heavy atom. The first-order chi connectivity index (χ1) is 16.0. The zero-order valence-electron chi connectivity index (χ0n) is 20.7. The summed E-state index contributed by atoms with van der Waals surface area (Å²) in [6, 6.07) is 22.9. The van der Waals surface area contributed by atoms with Gasteiger partial charge in [-0.1, -0.05) is 74.4 Å². The average Bonchev–Trinajstić information content (AvgIpc) is 3.16. The number of benzene rings is 3. The normalized spacial score (nSPS) is 12.9. The Labute approximate surface area is 196 Å². The van der Waals surface area contributed by atoms with Gasteiger partial charge in [0.05, 0.1) is 24.5 Å². The van der Waals surface area contributed by atoms with Crippen LogP contribution in [0.15, 0.2) is 54.7 Å². The second kappa shape index (κ2) is 7.04. The second-order valence-electron chi connectivity index (χ2n) is 10.0. The van der Waals surface area contributed by atoms with Crippen LogP contribution in [-0.4, -0.2) is 12.5 Å². The molecular weight excluding hydrogens is 416 g/mol. The molecule has 0 amide bonds. The molecule has 0 aliphatic carbocycles. The molecule has 0 unspecified atom stereocenters. The van der Waals surface area contributed by atoms with Crippen LogP contribution < -0.4 is 9.75 Å². The fourth-order valence-corrected chi connectivity index (χ4v) is 10.1. The summed E-state index contributed by atoms with van der Waals surface area (Å²) < 4.78 is 4.91. The summed E-state index contributed by atoms with van der Waals surface area (Å²) in [5.41, 5.74) is 8.17. The number of pyridine rings is 2. The van der Waals surface area contributed by atoms with Crippen molar-refractivity contribution in [3.8, 4) is 0 Å². The molecule has 0 fully saturated rings. The molecule has 0 spiro atoms. The fourth-order valence-electron chi connectivity index (χ4n) is 6.54. The lowest BCUT2D eigenvalue weighted by Crippen LogP contribution is -2.45. The number of rotatable bonds is 4. The number of nitrogens with zero attached hydrogens (tertiary/aromatic N) is 2. The molecule has 3 aromatic carbocycles. The highest BCUT2D eigenvalue weighted by Crippen LogP contribution is 2.41. The highest BCUT2D eigenvalue weighted by molar-refractivity contribution is 6.91. The van der Waals surface area contributed by atoms with Crippen molar-refractivity contribution in [3.63, 3.8) is 0 Å². The summed E-state index contributed by atoms with van der Waals surface area (Å²) in [4.78, 5) is 0. The Balaban J connectivity index is 1.93. The maximum Gasteiger partial charge on any atom is 0.238 e. The van der Waals surface area contributed by atoms with Crippen LogP contribution in [-0.2, 0) is 7.05 Å². The van der Waals surface area contributed by atoms with Crippen molar-refractivity contribution in [2.24, 2.45) is 7.05 Å². The molecule has 3 heterocycles. The minimum Gasteiger partial charge on any atom is -0.303 e. The van der Waals surface area contributed by atoms with Gasteiger partial charge in [-0.2, -0.15) is 4.57 Å². The van der Waals surface area contributed by atoms with E-state index < -0.39 is 8.07 Å². The van der Waals surface area contributed by atoms with Crippen LogP contribution in [0.2, 0.25) is 18.1 Å². The first-order valence-corrected chi connectivity index (χ1v) is 15.1. The Hall–Kier alpha value is -2.91.